The van der Waals surface area contributed by atoms with Gasteiger partial charge in [0, 0.05) is 32.4 Å². The second-order valence-corrected chi connectivity index (χ2v) is 5.04. The highest BCUT2D eigenvalue weighted by molar-refractivity contribution is 5.97. The average molecular weight is 289 g/mol. The zero-order chi connectivity index (χ0) is 14.7. The van der Waals surface area contributed by atoms with Gasteiger partial charge in [0.2, 0.25) is 0 Å². The van der Waals surface area contributed by atoms with Crippen molar-refractivity contribution in [2.75, 3.05) is 26.9 Å². The molecule has 0 fully saturated rings. The van der Waals surface area contributed by atoms with Gasteiger partial charge in [0.05, 0.1) is 17.6 Å². The number of nitrogens with one attached hydrogen (secondary N) is 1. The zero-order valence-electron chi connectivity index (χ0n) is 12.1. The first-order valence-electron chi connectivity index (χ1n) is 7.13. The summed E-state index contributed by atoms with van der Waals surface area (Å²) in [5.74, 6) is 0.851. The molecular formula is C15H19N3O3. The highest BCUT2D eigenvalue weighted by atomic mass is 16.5. The van der Waals surface area contributed by atoms with Crippen LogP contribution in [0.5, 0.6) is 0 Å². The molecule has 1 aromatic heterocycles. The lowest BCUT2D eigenvalue weighted by atomic mass is 10.2. The summed E-state index contributed by atoms with van der Waals surface area (Å²) in [4.78, 5) is 16.6. The van der Waals surface area contributed by atoms with Gasteiger partial charge in [0.25, 0.3) is 5.91 Å². The lowest BCUT2D eigenvalue weighted by molar-refractivity contribution is 0.0830. The van der Waals surface area contributed by atoms with Crippen LogP contribution in [0.15, 0.2) is 18.2 Å². The first kappa shape index (κ1) is 14.0. The Hall–Kier alpha value is -1.92. The van der Waals surface area contributed by atoms with E-state index in [1.807, 2.05) is 18.2 Å². The molecule has 1 aromatic carbocycles. The molecule has 2 aromatic rings. The number of ether oxygens (including phenoxy) is 2. The summed E-state index contributed by atoms with van der Waals surface area (Å²) in [6.45, 7) is 3.31. The Kier molecular flexibility index (Phi) is 4.17. The van der Waals surface area contributed by atoms with Crippen LogP contribution in [-0.4, -0.2) is 42.3 Å². The molecule has 1 N–H and O–H groups in total. The van der Waals surface area contributed by atoms with E-state index in [2.05, 4.69) is 14.9 Å². The number of hydrogen-bond donors (Lipinski definition) is 1. The number of aromatic nitrogens is 2. The summed E-state index contributed by atoms with van der Waals surface area (Å²) < 4.78 is 12.5. The van der Waals surface area contributed by atoms with Crippen molar-refractivity contribution in [2.45, 2.75) is 19.6 Å². The number of hydrogen-bond acceptors (Lipinski definition) is 4. The minimum Gasteiger partial charge on any atom is -0.385 e. The van der Waals surface area contributed by atoms with Crippen molar-refractivity contribution in [3.63, 3.8) is 0 Å². The van der Waals surface area contributed by atoms with Crippen molar-refractivity contribution in [1.29, 1.82) is 0 Å². The van der Waals surface area contributed by atoms with Crippen molar-refractivity contribution >= 4 is 16.9 Å². The third-order valence-electron chi connectivity index (χ3n) is 3.59. The Morgan fingerprint density at radius 1 is 1.52 bits per heavy atom. The maximum Gasteiger partial charge on any atom is 0.251 e. The molecule has 1 aliphatic heterocycles. The van der Waals surface area contributed by atoms with Gasteiger partial charge < -0.3 is 19.4 Å². The second-order valence-electron chi connectivity index (χ2n) is 5.04. The summed E-state index contributed by atoms with van der Waals surface area (Å²) >= 11 is 0. The van der Waals surface area contributed by atoms with Crippen molar-refractivity contribution in [3.05, 3.63) is 29.6 Å². The van der Waals surface area contributed by atoms with Crippen molar-refractivity contribution < 1.29 is 14.3 Å². The highest BCUT2D eigenvalue weighted by Crippen LogP contribution is 2.20. The largest absolute Gasteiger partial charge is 0.385 e. The fourth-order valence-electron chi connectivity index (χ4n) is 2.52. The number of methoxy groups -OCH3 is 1. The molecule has 1 aliphatic rings. The number of carbonyl (C=O) groups excluding carboxylic acids is 1. The quantitative estimate of drug-likeness (QED) is 0.843. The van der Waals surface area contributed by atoms with Crippen molar-refractivity contribution in [3.8, 4) is 0 Å². The molecule has 1 amide bonds. The minimum absolute atomic E-state index is 0.0739. The molecule has 0 aliphatic carbocycles. The predicted octanol–water partition coefficient (Wildman–Crippen LogP) is 1.33. The Morgan fingerprint density at radius 2 is 2.43 bits per heavy atom. The van der Waals surface area contributed by atoms with Crippen LogP contribution in [0, 0.1) is 0 Å². The van der Waals surface area contributed by atoms with Crippen LogP contribution in [0.3, 0.4) is 0 Å². The molecule has 0 saturated heterocycles. The molecule has 6 heteroatoms. The molecule has 3 rings (SSSR count). The third-order valence-corrected chi connectivity index (χ3v) is 3.59. The molecule has 0 spiro atoms. The van der Waals surface area contributed by atoms with Gasteiger partial charge in [-0.25, -0.2) is 4.98 Å². The van der Waals surface area contributed by atoms with E-state index in [9.17, 15) is 4.79 Å². The van der Waals surface area contributed by atoms with Gasteiger partial charge in [0.15, 0.2) is 0 Å². The van der Waals surface area contributed by atoms with E-state index in [4.69, 9.17) is 9.47 Å². The Bertz CT molecular complexity index is 651. The Labute approximate surface area is 123 Å². The molecule has 0 atom stereocenters. The number of carbonyl (C=O) groups is 1. The standard InChI is InChI=1S/C15H19N3O3/c1-20-7-2-5-16-15(19)11-3-4-13-12(9-11)17-14-10-21-8-6-18(13)14/h3-4,9H,2,5-8,10H2,1H3,(H,16,19). The van der Waals surface area contributed by atoms with Crippen LogP contribution in [0.2, 0.25) is 0 Å². The SMILES string of the molecule is COCCCNC(=O)c1ccc2c(c1)nc1n2CCOC1. The smallest absolute Gasteiger partial charge is 0.251 e. The second kappa shape index (κ2) is 6.24. The number of benzene rings is 1. The molecule has 0 saturated carbocycles. The van der Waals surface area contributed by atoms with Crippen molar-refractivity contribution in [1.82, 2.24) is 14.9 Å². The number of imidazole rings is 1. The van der Waals surface area contributed by atoms with Gasteiger partial charge in [0.1, 0.15) is 12.4 Å². The van der Waals surface area contributed by atoms with Gasteiger partial charge in [-0.05, 0) is 24.6 Å². The van der Waals surface area contributed by atoms with Crippen LogP contribution >= 0.6 is 0 Å². The van der Waals surface area contributed by atoms with Crippen LogP contribution < -0.4 is 5.32 Å². The van der Waals surface area contributed by atoms with Gasteiger partial charge in [-0.15, -0.1) is 0 Å². The number of nitrogens with zero attached hydrogens (tertiary/aromatic N) is 2. The average Bonchev–Trinajstić information content (AvgIpc) is 2.89. The van der Waals surface area contributed by atoms with Crippen LogP contribution in [0.4, 0.5) is 0 Å². The summed E-state index contributed by atoms with van der Waals surface area (Å²) in [7, 11) is 1.65. The number of rotatable bonds is 5. The van der Waals surface area contributed by atoms with E-state index in [0.29, 0.717) is 31.9 Å². The molecule has 21 heavy (non-hydrogen) atoms. The molecule has 2 heterocycles. The van der Waals surface area contributed by atoms with E-state index in [-0.39, 0.29) is 5.91 Å². The van der Waals surface area contributed by atoms with E-state index >= 15 is 0 Å². The Balaban J connectivity index is 1.76. The van der Waals surface area contributed by atoms with E-state index in [1.54, 1.807) is 7.11 Å². The summed E-state index contributed by atoms with van der Waals surface area (Å²) in [6.07, 6.45) is 0.806. The maximum atomic E-state index is 12.1. The molecule has 6 nitrogen and oxygen atoms in total. The van der Waals surface area contributed by atoms with Crippen LogP contribution in [-0.2, 0) is 22.6 Å². The van der Waals surface area contributed by atoms with Gasteiger partial charge in [-0.2, -0.15) is 0 Å². The fraction of sp³-hybridized carbons (Fsp3) is 0.467. The fourth-order valence-corrected chi connectivity index (χ4v) is 2.52. The topological polar surface area (TPSA) is 65.4 Å². The third kappa shape index (κ3) is 2.91. The summed E-state index contributed by atoms with van der Waals surface area (Å²) in [5, 5.41) is 2.88. The van der Waals surface area contributed by atoms with E-state index < -0.39 is 0 Å². The minimum atomic E-state index is -0.0739. The highest BCUT2D eigenvalue weighted by Gasteiger charge is 2.16. The first-order chi connectivity index (χ1) is 10.3. The van der Waals surface area contributed by atoms with E-state index in [0.717, 1.165) is 29.8 Å². The van der Waals surface area contributed by atoms with Crippen LogP contribution in [0.1, 0.15) is 22.6 Å². The van der Waals surface area contributed by atoms with Gasteiger partial charge >= 0.3 is 0 Å². The van der Waals surface area contributed by atoms with Gasteiger partial charge in [-0.3, -0.25) is 4.79 Å². The molecule has 0 radical (unpaired) electrons. The van der Waals surface area contributed by atoms with E-state index in [1.165, 1.54) is 0 Å². The number of amides is 1. The number of fused-ring (bicyclic) bond motifs is 3. The monoisotopic (exact) mass is 289 g/mol. The van der Waals surface area contributed by atoms with Crippen LogP contribution in [0.25, 0.3) is 11.0 Å². The predicted molar refractivity (Wildman–Crippen MR) is 78.2 cm³/mol. The molecule has 112 valence electrons. The maximum absolute atomic E-state index is 12.1. The lowest BCUT2D eigenvalue weighted by Crippen LogP contribution is -2.25. The summed E-state index contributed by atoms with van der Waals surface area (Å²) in [5.41, 5.74) is 2.54. The molecule has 0 bridgehead atoms. The first-order valence-corrected chi connectivity index (χ1v) is 7.13. The van der Waals surface area contributed by atoms with Gasteiger partial charge in [-0.1, -0.05) is 0 Å². The molecular weight excluding hydrogens is 270 g/mol. The lowest BCUT2D eigenvalue weighted by Gasteiger charge is -2.14. The Morgan fingerprint density at radius 3 is 3.29 bits per heavy atom. The zero-order valence-corrected chi connectivity index (χ0v) is 12.1. The molecule has 0 unspecified atom stereocenters. The van der Waals surface area contributed by atoms with Crippen molar-refractivity contribution in [2.24, 2.45) is 0 Å². The normalized spacial score (nSPS) is 14.1. The summed E-state index contributed by atoms with van der Waals surface area (Å²) in [6, 6.07) is 5.64.